The molecule has 1 heterocycles. The zero-order valence-corrected chi connectivity index (χ0v) is 11.6. The predicted octanol–water partition coefficient (Wildman–Crippen LogP) is 2.37. The standard InChI is InChI=1S/C14H25NO3/c1-3-4-5-6-11-18-14(17)13(16)15-9-7-12(2)8-10-15/h12H,3-11H2,1-2H3. The van der Waals surface area contributed by atoms with Crippen LogP contribution in [0.25, 0.3) is 0 Å². The molecule has 0 atom stereocenters. The highest BCUT2D eigenvalue weighted by atomic mass is 16.5. The van der Waals surface area contributed by atoms with Crippen LogP contribution in [0, 0.1) is 5.92 Å². The minimum absolute atomic E-state index is 0.370. The summed E-state index contributed by atoms with van der Waals surface area (Å²) >= 11 is 0. The van der Waals surface area contributed by atoms with Crippen molar-refractivity contribution in [2.45, 2.75) is 52.4 Å². The molecular weight excluding hydrogens is 230 g/mol. The van der Waals surface area contributed by atoms with Crippen LogP contribution in [0.15, 0.2) is 0 Å². The highest BCUT2D eigenvalue weighted by molar-refractivity contribution is 6.32. The van der Waals surface area contributed by atoms with Gasteiger partial charge in [-0.05, 0) is 25.2 Å². The monoisotopic (exact) mass is 255 g/mol. The van der Waals surface area contributed by atoms with Gasteiger partial charge in [0, 0.05) is 13.1 Å². The number of hydrogen-bond donors (Lipinski definition) is 0. The Hall–Kier alpha value is -1.06. The number of carbonyl (C=O) groups excluding carboxylic acids is 2. The van der Waals surface area contributed by atoms with E-state index in [9.17, 15) is 9.59 Å². The largest absolute Gasteiger partial charge is 0.459 e. The number of esters is 1. The number of amides is 1. The maximum atomic E-state index is 11.8. The van der Waals surface area contributed by atoms with Gasteiger partial charge in [0.25, 0.3) is 0 Å². The van der Waals surface area contributed by atoms with Gasteiger partial charge in [-0.3, -0.25) is 4.79 Å². The average Bonchev–Trinajstić information content (AvgIpc) is 2.38. The van der Waals surface area contributed by atoms with Crippen LogP contribution in [0.1, 0.15) is 52.4 Å². The van der Waals surface area contributed by atoms with Crippen LogP contribution in [0.5, 0.6) is 0 Å². The van der Waals surface area contributed by atoms with Crippen molar-refractivity contribution in [3.05, 3.63) is 0 Å². The Labute approximate surface area is 110 Å². The Bertz CT molecular complexity index is 270. The molecule has 4 heteroatoms. The maximum absolute atomic E-state index is 11.8. The fraction of sp³-hybridized carbons (Fsp3) is 0.857. The first-order valence-corrected chi connectivity index (χ1v) is 7.11. The summed E-state index contributed by atoms with van der Waals surface area (Å²) in [5.74, 6) is -0.488. The minimum Gasteiger partial charge on any atom is -0.459 e. The summed E-state index contributed by atoms with van der Waals surface area (Å²) in [7, 11) is 0. The summed E-state index contributed by atoms with van der Waals surface area (Å²) in [5.41, 5.74) is 0. The van der Waals surface area contributed by atoms with Gasteiger partial charge in [-0.25, -0.2) is 4.79 Å². The molecule has 0 bridgehead atoms. The zero-order valence-electron chi connectivity index (χ0n) is 11.6. The maximum Gasteiger partial charge on any atom is 0.397 e. The fourth-order valence-electron chi connectivity index (χ4n) is 2.10. The van der Waals surface area contributed by atoms with Gasteiger partial charge < -0.3 is 9.64 Å². The highest BCUT2D eigenvalue weighted by Gasteiger charge is 2.26. The molecule has 0 radical (unpaired) electrons. The van der Waals surface area contributed by atoms with Gasteiger partial charge in [0.2, 0.25) is 0 Å². The lowest BCUT2D eigenvalue weighted by molar-refractivity contribution is -0.161. The summed E-state index contributed by atoms with van der Waals surface area (Å²) in [6.07, 6.45) is 6.17. The van der Waals surface area contributed by atoms with Crippen molar-refractivity contribution < 1.29 is 14.3 Å². The third-order valence-corrected chi connectivity index (χ3v) is 3.48. The van der Waals surface area contributed by atoms with Crippen LogP contribution < -0.4 is 0 Å². The molecule has 1 saturated heterocycles. The number of ether oxygens (including phenoxy) is 1. The van der Waals surface area contributed by atoms with Crippen LogP contribution in [-0.4, -0.2) is 36.5 Å². The molecular formula is C14H25NO3. The molecule has 104 valence electrons. The Morgan fingerprint density at radius 1 is 1.17 bits per heavy atom. The fourth-order valence-corrected chi connectivity index (χ4v) is 2.10. The normalized spacial score (nSPS) is 16.7. The van der Waals surface area contributed by atoms with E-state index in [1.165, 1.54) is 0 Å². The Kier molecular flexibility index (Phi) is 6.76. The number of likely N-dealkylation sites (tertiary alicyclic amines) is 1. The smallest absolute Gasteiger partial charge is 0.397 e. The topological polar surface area (TPSA) is 46.6 Å². The van der Waals surface area contributed by atoms with E-state index in [4.69, 9.17) is 4.74 Å². The van der Waals surface area contributed by atoms with Gasteiger partial charge in [-0.2, -0.15) is 0 Å². The number of unbranched alkanes of at least 4 members (excludes halogenated alkanes) is 3. The van der Waals surface area contributed by atoms with Gasteiger partial charge in [-0.15, -0.1) is 0 Å². The van der Waals surface area contributed by atoms with Gasteiger partial charge in [0.15, 0.2) is 0 Å². The molecule has 0 spiro atoms. The lowest BCUT2D eigenvalue weighted by Gasteiger charge is -2.29. The second-order valence-corrected chi connectivity index (χ2v) is 5.17. The molecule has 4 nitrogen and oxygen atoms in total. The molecule has 0 saturated carbocycles. The van der Waals surface area contributed by atoms with E-state index < -0.39 is 11.9 Å². The molecule has 0 N–H and O–H groups in total. The number of hydrogen-bond acceptors (Lipinski definition) is 3. The van der Waals surface area contributed by atoms with E-state index in [0.717, 1.165) is 38.5 Å². The van der Waals surface area contributed by atoms with Crippen molar-refractivity contribution in [3.8, 4) is 0 Å². The molecule has 0 aromatic rings. The summed E-state index contributed by atoms with van der Waals surface area (Å²) in [4.78, 5) is 24.9. The Balaban J connectivity index is 2.18. The lowest BCUT2D eigenvalue weighted by Crippen LogP contribution is -2.42. The number of rotatable bonds is 5. The first kappa shape index (κ1) is 15.0. The molecule has 0 aliphatic carbocycles. The van der Waals surface area contributed by atoms with E-state index >= 15 is 0 Å². The second kappa shape index (κ2) is 8.11. The minimum atomic E-state index is -0.680. The number of piperidine rings is 1. The average molecular weight is 255 g/mol. The quantitative estimate of drug-likeness (QED) is 0.430. The van der Waals surface area contributed by atoms with Crippen LogP contribution in [0.4, 0.5) is 0 Å². The molecule has 0 aromatic carbocycles. The predicted molar refractivity (Wildman–Crippen MR) is 70.1 cm³/mol. The summed E-state index contributed by atoms with van der Waals surface area (Å²) < 4.78 is 5.00. The van der Waals surface area contributed by atoms with E-state index in [0.29, 0.717) is 25.6 Å². The lowest BCUT2D eigenvalue weighted by atomic mass is 9.99. The summed E-state index contributed by atoms with van der Waals surface area (Å²) in [6.45, 7) is 6.05. The van der Waals surface area contributed by atoms with Gasteiger partial charge >= 0.3 is 11.9 Å². The summed E-state index contributed by atoms with van der Waals surface area (Å²) in [6, 6.07) is 0. The molecule has 1 aliphatic heterocycles. The van der Waals surface area contributed by atoms with E-state index in [1.807, 2.05) is 0 Å². The molecule has 1 rings (SSSR count). The molecule has 1 amide bonds. The van der Waals surface area contributed by atoms with Crippen LogP contribution in [-0.2, 0) is 14.3 Å². The van der Waals surface area contributed by atoms with Crippen molar-refractivity contribution in [2.75, 3.05) is 19.7 Å². The Morgan fingerprint density at radius 2 is 1.83 bits per heavy atom. The Morgan fingerprint density at radius 3 is 2.44 bits per heavy atom. The van der Waals surface area contributed by atoms with Gasteiger partial charge in [0.05, 0.1) is 6.61 Å². The molecule has 0 unspecified atom stereocenters. The first-order valence-electron chi connectivity index (χ1n) is 7.11. The third-order valence-electron chi connectivity index (χ3n) is 3.48. The van der Waals surface area contributed by atoms with Crippen molar-refractivity contribution in [2.24, 2.45) is 5.92 Å². The van der Waals surface area contributed by atoms with Crippen LogP contribution in [0.2, 0.25) is 0 Å². The van der Waals surface area contributed by atoms with E-state index in [2.05, 4.69) is 13.8 Å². The second-order valence-electron chi connectivity index (χ2n) is 5.17. The molecule has 18 heavy (non-hydrogen) atoms. The zero-order chi connectivity index (χ0) is 13.4. The highest BCUT2D eigenvalue weighted by Crippen LogP contribution is 2.16. The SMILES string of the molecule is CCCCCCOC(=O)C(=O)N1CCC(C)CC1. The molecule has 0 aromatic heterocycles. The van der Waals surface area contributed by atoms with Crippen molar-refractivity contribution >= 4 is 11.9 Å². The molecule has 1 fully saturated rings. The van der Waals surface area contributed by atoms with E-state index in [-0.39, 0.29) is 0 Å². The van der Waals surface area contributed by atoms with Gasteiger partial charge in [0.1, 0.15) is 0 Å². The van der Waals surface area contributed by atoms with Crippen molar-refractivity contribution in [1.29, 1.82) is 0 Å². The van der Waals surface area contributed by atoms with Crippen LogP contribution in [0.3, 0.4) is 0 Å². The van der Waals surface area contributed by atoms with E-state index in [1.54, 1.807) is 4.90 Å². The van der Waals surface area contributed by atoms with Gasteiger partial charge in [-0.1, -0.05) is 33.1 Å². The number of carbonyl (C=O) groups is 2. The summed E-state index contributed by atoms with van der Waals surface area (Å²) in [5, 5.41) is 0. The van der Waals surface area contributed by atoms with Crippen LogP contribution >= 0.6 is 0 Å². The molecule has 1 aliphatic rings. The third kappa shape index (κ3) is 5.07. The van der Waals surface area contributed by atoms with Crippen molar-refractivity contribution in [1.82, 2.24) is 4.90 Å². The first-order chi connectivity index (χ1) is 8.65. The van der Waals surface area contributed by atoms with Crippen molar-refractivity contribution in [3.63, 3.8) is 0 Å². The number of nitrogens with zero attached hydrogens (tertiary/aromatic N) is 1.